The quantitative estimate of drug-likeness (QED) is 0.857. The third-order valence-corrected chi connectivity index (χ3v) is 4.37. The standard InChI is InChI=1S/C16H24ClN3O3/c1-4-19-5-7-20(8-6-19)16(21)11-18-13-10-14(22-2)12(17)9-15(13)23-3/h9-10,18H,4-8,11H2,1-3H3. The second-order valence-electron chi connectivity index (χ2n) is 5.36. The molecule has 0 saturated carbocycles. The number of hydrogen-bond donors (Lipinski definition) is 1. The average Bonchev–Trinajstić information content (AvgIpc) is 2.60. The number of nitrogens with one attached hydrogen (secondary N) is 1. The number of benzene rings is 1. The molecule has 1 aromatic carbocycles. The summed E-state index contributed by atoms with van der Waals surface area (Å²) in [5.74, 6) is 1.20. The minimum Gasteiger partial charge on any atom is -0.495 e. The van der Waals surface area contributed by atoms with E-state index in [4.69, 9.17) is 21.1 Å². The molecule has 0 aliphatic carbocycles. The smallest absolute Gasteiger partial charge is 0.241 e. The summed E-state index contributed by atoms with van der Waals surface area (Å²) in [7, 11) is 3.12. The molecule has 0 aromatic heterocycles. The van der Waals surface area contributed by atoms with E-state index in [-0.39, 0.29) is 12.5 Å². The number of ether oxygens (including phenoxy) is 2. The van der Waals surface area contributed by atoms with Gasteiger partial charge in [0.15, 0.2) is 0 Å². The van der Waals surface area contributed by atoms with Crippen LogP contribution in [-0.4, -0.2) is 69.2 Å². The number of nitrogens with zero attached hydrogens (tertiary/aromatic N) is 2. The van der Waals surface area contributed by atoms with Gasteiger partial charge in [-0.15, -0.1) is 0 Å². The van der Waals surface area contributed by atoms with Gasteiger partial charge >= 0.3 is 0 Å². The zero-order chi connectivity index (χ0) is 16.8. The summed E-state index contributed by atoms with van der Waals surface area (Å²) in [6, 6.07) is 3.41. The molecule has 7 heteroatoms. The number of carbonyl (C=O) groups is 1. The van der Waals surface area contributed by atoms with Crippen molar-refractivity contribution in [2.75, 3.05) is 58.8 Å². The Morgan fingerprint density at radius 3 is 2.39 bits per heavy atom. The van der Waals surface area contributed by atoms with Crippen LogP contribution in [-0.2, 0) is 4.79 Å². The summed E-state index contributed by atoms with van der Waals surface area (Å²) < 4.78 is 10.5. The Labute approximate surface area is 142 Å². The molecule has 0 atom stereocenters. The SMILES string of the molecule is CCN1CCN(C(=O)CNc2cc(OC)c(Cl)cc2OC)CC1. The number of rotatable bonds is 6. The maximum Gasteiger partial charge on any atom is 0.241 e. The van der Waals surface area contributed by atoms with Crippen molar-refractivity contribution in [2.45, 2.75) is 6.92 Å². The maximum atomic E-state index is 12.3. The molecule has 0 radical (unpaired) electrons. The van der Waals surface area contributed by atoms with Crippen LogP contribution < -0.4 is 14.8 Å². The lowest BCUT2D eigenvalue weighted by Crippen LogP contribution is -2.49. The molecule has 0 unspecified atom stereocenters. The van der Waals surface area contributed by atoms with Crippen LogP contribution in [0, 0.1) is 0 Å². The molecule has 1 aliphatic rings. The van der Waals surface area contributed by atoms with Gasteiger partial charge in [-0.25, -0.2) is 0 Å². The largest absolute Gasteiger partial charge is 0.495 e. The van der Waals surface area contributed by atoms with Crippen molar-refractivity contribution in [2.24, 2.45) is 0 Å². The summed E-state index contributed by atoms with van der Waals surface area (Å²) in [5.41, 5.74) is 0.689. The van der Waals surface area contributed by atoms with Crippen molar-refractivity contribution in [1.29, 1.82) is 0 Å². The number of piperazine rings is 1. The number of halogens is 1. The van der Waals surface area contributed by atoms with Crippen LogP contribution in [0.3, 0.4) is 0 Å². The lowest BCUT2D eigenvalue weighted by atomic mass is 10.2. The Kier molecular flexibility index (Phi) is 6.36. The highest BCUT2D eigenvalue weighted by Crippen LogP contribution is 2.35. The molecule has 0 spiro atoms. The highest BCUT2D eigenvalue weighted by molar-refractivity contribution is 6.32. The number of likely N-dealkylation sites (N-methyl/N-ethyl adjacent to an activating group) is 1. The zero-order valence-corrected chi connectivity index (χ0v) is 14.7. The molecule has 1 aromatic rings. The number of anilines is 1. The van der Waals surface area contributed by atoms with Crippen molar-refractivity contribution in [1.82, 2.24) is 9.80 Å². The summed E-state index contributed by atoms with van der Waals surface area (Å²) in [6.07, 6.45) is 0. The number of carbonyl (C=O) groups excluding carboxylic acids is 1. The first-order valence-corrected chi connectivity index (χ1v) is 8.12. The second-order valence-corrected chi connectivity index (χ2v) is 5.76. The predicted octanol–water partition coefficient (Wildman–Crippen LogP) is 1.93. The molecule has 0 bridgehead atoms. The van der Waals surface area contributed by atoms with Gasteiger partial charge in [-0.2, -0.15) is 0 Å². The van der Waals surface area contributed by atoms with Crippen molar-refractivity contribution < 1.29 is 14.3 Å². The summed E-state index contributed by atoms with van der Waals surface area (Å²) >= 11 is 6.08. The van der Waals surface area contributed by atoms with Crippen molar-refractivity contribution in [3.8, 4) is 11.5 Å². The lowest BCUT2D eigenvalue weighted by Gasteiger charge is -2.34. The maximum absolute atomic E-state index is 12.3. The van der Waals surface area contributed by atoms with E-state index in [0.29, 0.717) is 22.2 Å². The lowest BCUT2D eigenvalue weighted by molar-refractivity contribution is -0.131. The topological polar surface area (TPSA) is 54.0 Å². The molecule has 6 nitrogen and oxygen atoms in total. The van der Waals surface area contributed by atoms with Gasteiger partial charge in [0.1, 0.15) is 11.5 Å². The molecule has 1 saturated heterocycles. The summed E-state index contributed by atoms with van der Waals surface area (Å²) in [4.78, 5) is 16.6. The van der Waals surface area contributed by atoms with Crippen LogP contribution in [0.4, 0.5) is 5.69 Å². The van der Waals surface area contributed by atoms with Crippen molar-refractivity contribution in [3.05, 3.63) is 17.2 Å². The molecule has 1 N–H and O–H groups in total. The fourth-order valence-corrected chi connectivity index (χ4v) is 2.83. The molecule has 128 valence electrons. The van der Waals surface area contributed by atoms with Gasteiger partial charge in [-0.1, -0.05) is 18.5 Å². The minimum absolute atomic E-state index is 0.0803. The van der Waals surface area contributed by atoms with Gasteiger partial charge in [-0.05, 0) is 6.54 Å². The number of hydrogen-bond acceptors (Lipinski definition) is 5. The van der Waals surface area contributed by atoms with E-state index >= 15 is 0 Å². The van der Waals surface area contributed by atoms with Gasteiger partial charge in [0, 0.05) is 38.3 Å². The minimum atomic E-state index is 0.0803. The van der Waals surface area contributed by atoms with E-state index in [0.717, 1.165) is 32.7 Å². The van der Waals surface area contributed by atoms with Gasteiger partial charge in [0.2, 0.25) is 5.91 Å². The highest BCUT2D eigenvalue weighted by Gasteiger charge is 2.20. The monoisotopic (exact) mass is 341 g/mol. The highest BCUT2D eigenvalue weighted by atomic mass is 35.5. The number of amides is 1. The van der Waals surface area contributed by atoms with Crippen LogP contribution in [0.15, 0.2) is 12.1 Å². The van der Waals surface area contributed by atoms with E-state index in [2.05, 4.69) is 17.1 Å². The third-order valence-electron chi connectivity index (χ3n) is 4.08. The van der Waals surface area contributed by atoms with Crippen LogP contribution in [0.1, 0.15) is 6.92 Å². The number of methoxy groups -OCH3 is 2. The summed E-state index contributed by atoms with van der Waals surface area (Å²) in [6.45, 7) is 6.79. The normalized spacial score (nSPS) is 15.4. The van der Waals surface area contributed by atoms with Crippen LogP contribution >= 0.6 is 11.6 Å². The fraction of sp³-hybridized carbons (Fsp3) is 0.562. The molecule has 1 heterocycles. The zero-order valence-electron chi connectivity index (χ0n) is 13.9. The molecular weight excluding hydrogens is 318 g/mol. The molecule has 1 fully saturated rings. The average molecular weight is 342 g/mol. The van der Waals surface area contributed by atoms with Crippen molar-refractivity contribution in [3.63, 3.8) is 0 Å². The fourth-order valence-electron chi connectivity index (χ4n) is 2.59. The van der Waals surface area contributed by atoms with Crippen LogP contribution in [0.25, 0.3) is 0 Å². The van der Waals surface area contributed by atoms with Gasteiger partial charge in [0.05, 0.1) is 31.5 Å². The van der Waals surface area contributed by atoms with E-state index < -0.39 is 0 Å². The van der Waals surface area contributed by atoms with Gasteiger partial charge in [-0.3, -0.25) is 4.79 Å². The Bertz CT molecular complexity index is 546. The Hall–Kier alpha value is -1.66. The first kappa shape index (κ1) is 17.7. The van der Waals surface area contributed by atoms with Crippen LogP contribution in [0.2, 0.25) is 5.02 Å². The Morgan fingerprint density at radius 2 is 1.83 bits per heavy atom. The van der Waals surface area contributed by atoms with E-state index in [1.54, 1.807) is 26.4 Å². The summed E-state index contributed by atoms with van der Waals surface area (Å²) in [5, 5.41) is 3.59. The Morgan fingerprint density at radius 1 is 1.17 bits per heavy atom. The molecule has 23 heavy (non-hydrogen) atoms. The molecule has 1 aliphatic heterocycles. The first-order valence-electron chi connectivity index (χ1n) is 7.74. The van der Waals surface area contributed by atoms with Gasteiger partial charge in [0.25, 0.3) is 0 Å². The third kappa shape index (κ3) is 4.42. The van der Waals surface area contributed by atoms with E-state index in [1.807, 2.05) is 4.90 Å². The van der Waals surface area contributed by atoms with Crippen molar-refractivity contribution >= 4 is 23.2 Å². The predicted molar refractivity (Wildman–Crippen MR) is 91.7 cm³/mol. The molecule has 1 amide bonds. The molecule has 2 rings (SSSR count). The first-order chi connectivity index (χ1) is 11.1. The van der Waals surface area contributed by atoms with Crippen LogP contribution in [0.5, 0.6) is 11.5 Å². The van der Waals surface area contributed by atoms with E-state index in [1.165, 1.54) is 0 Å². The second kappa shape index (κ2) is 8.26. The Balaban J connectivity index is 1.96. The van der Waals surface area contributed by atoms with Gasteiger partial charge < -0.3 is 24.6 Å². The van der Waals surface area contributed by atoms with E-state index in [9.17, 15) is 4.79 Å². The molecular formula is C16H24ClN3O3.